The highest BCUT2D eigenvalue weighted by Gasteiger charge is 2.14. The molecule has 0 saturated carbocycles. The van der Waals surface area contributed by atoms with Gasteiger partial charge in [0.1, 0.15) is 11.6 Å². The molecule has 22 heavy (non-hydrogen) atoms. The van der Waals surface area contributed by atoms with Crippen LogP contribution in [0.5, 0.6) is 5.75 Å². The zero-order valence-electron chi connectivity index (χ0n) is 13.1. The van der Waals surface area contributed by atoms with Crippen molar-refractivity contribution in [2.24, 2.45) is 0 Å². The third-order valence-corrected chi connectivity index (χ3v) is 3.16. The van der Waals surface area contributed by atoms with Crippen molar-refractivity contribution < 1.29 is 9.53 Å². The molecule has 0 bridgehead atoms. The van der Waals surface area contributed by atoms with Crippen LogP contribution in [0.4, 0.5) is 5.82 Å². The van der Waals surface area contributed by atoms with E-state index in [1.807, 2.05) is 61.5 Å². The van der Waals surface area contributed by atoms with Gasteiger partial charge in [-0.15, -0.1) is 0 Å². The Morgan fingerprint density at radius 1 is 1.27 bits per heavy atom. The summed E-state index contributed by atoms with van der Waals surface area (Å²) in [5.74, 6) is 1.40. The van der Waals surface area contributed by atoms with Gasteiger partial charge < -0.3 is 15.0 Å². The lowest BCUT2D eigenvalue weighted by atomic mass is 10.2. The first kappa shape index (κ1) is 15.8. The number of nitrogens with one attached hydrogen (secondary N) is 1. The molecular formula is C17H21N3O2. The number of carbonyl (C=O) groups is 1. The van der Waals surface area contributed by atoms with Gasteiger partial charge >= 0.3 is 0 Å². The second-order valence-electron chi connectivity index (χ2n) is 5.21. The minimum Gasteiger partial charge on any atom is -0.481 e. The molecule has 1 aromatic carbocycles. The molecule has 2 rings (SSSR count). The first-order valence-corrected chi connectivity index (χ1v) is 7.18. The molecule has 116 valence electrons. The van der Waals surface area contributed by atoms with E-state index in [9.17, 15) is 4.79 Å². The topological polar surface area (TPSA) is 54.5 Å². The number of hydrogen-bond acceptors (Lipinski definition) is 4. The summed E-state index contributed by atoms with van der Waals surface area (Å²) in [5, 5.41) is 2.87. The fourth-order valence-electron chi connectivity index (χ4n) is 1.90. The van der Waals surface area contributed by atoms with Gasteiger partial charge in [0.15, 0.2) is 6.10 Å². The quantitative estimate of drug-likeness (QED) is 0.888. The molecule has 1 aromatic heterocycles. The second-order valence-corrected chi connectivity index (χ2v) is 5.21. The second kappa shape index (κ2) is 7.45. The van der Waals surface area contributed by atoms with Crippen molar-refractivity contribution in [3.05, 3.63) is 54.2 Å². The summed E-state index contributed by atoms with van der Waals surface area (Å²) in [6.45, 7) is 2.19. The van der Waals surface area contributed by atoms with Gasteiger partial charge in [-0.3, -0.25) is 4.79 Å². The lowest BCUT2D eigenvalue weighted by molar-refractivity contribution is -0.127. The van der Waals surface area contributed by atoms with Gasteiger partial charge in [0.05, 0.1) is 0 Å². The zero-order valence-corrected chi connectivity index (χ0v) is 13.1. The van der Waals surface area contributed by atoms with E-state index in [-0.39, 0.29) is 5.91 Å². The van der Waals surface area contributed by atoms with Crippen LogP contribution in [0, 0.1) is 0 Å². The zero-order chi connectivity index (χ0) is 15.9. The molecule has 1 amide bonds. The van der Waals surface area contributed by atoms with Crippen molar-refractivity contribution in [1.29, 1.82) is 0 Å². The molecule has 0 aliphatic carbocycles. The number of pyridine rings is 1. The highest BCUT2D eigenvalue weighted by molar-refractivity contribution is 5.80. The van der Waals surface area contributed by atoms with E-state index in [2.05, 4.69) is 10.3 Å². The highest BCUT2D eigenvalue weighted by Crippen LogP contribution is 2.12. The van der Waals surface area contributed by atoms with E-state index in [1.165, 1.54) is 0 Å². The maximum Gasteiger partial charge on any atom is 0.261 e. The minimum atomic E-state index is -0.544. The molecule has 0 saturated heterocycles. The van der Waals surface area contributed by atoms with Gasteiger partial charge in [0.25, 0.3) is 5.91 Å². The molecule has 0 radical (unpaired) electrons. The van der Waals surface area contributed by atoms with Crippen molar-refractivity contribution in [3.8, 4) is 5.75 Å². The first-order chi connectivity index (χ1) is 10.6. The molecule has 0 aliphatic heterocycles. The predicted octanol–water partition coefficient (Wildman–Crippen LogP) is 2.23. The van der Waals surface area contributed by atoms with Crippen LogP contribution in [0.15, 0.2) is 48.7 Å². The van der Waals surface area contributed by atoms with Crippen molar-refractivity contribution in [2.75, 3.05) is 19.0 Å². The highest BCUT2D eigenvalue weighted by atomic mass is 16.5. The van der Waals surface area contributed by atoms with E-state index in [0.717, 1.165) is 11.4 Å². The number of aromatic nitrogens is 1. The van der Waals surface area contributed by atoms with Gasteiger partial charge in [-0.25, -0.2) is 4.98 Å². The Kier molecular flexibility index (Phi) is 5.36. The third kappa shape index (κ3) is 4.48. The molecule has 1 heterocycles. The average molecular weight is 299 g/mol. The lowest BCUT2D eigenvalue weighted by Gasteiger charge is -2.15. The Balaban J connectivity index is 1.88. The van der Waals surface area contributed by atoms with Crippen LogP contribution in [0.1, 0.15) is 12.5 Å². The van der Waals surface area contributed by atoms with Crippen LogP contribution in [-0.4, -0.2) is 31.1 Å². The summed E-state index contributed by atoms with van der Waals surface area (Å²) >= 11 is 0. The third-order valence-electron chi connectivity index (χ3n) is 3.16. The Hall–Kier alpha value is -2.56. The first-order valence-electron chi connectivity index (χ1n) is 7.18. The number of anilines is 1. The summed E-state index contributed by atoms with van der Waals surface area (Å²) in [6, 6.07) is 13.1. The molecule has 0 unspecified atom stereocenters. The fraction of sp³-hybridized carbons (Fsp3) is 0.294. The maximum absolute atomic E-state index is 12.1. The average Bonchev–Trinajstić information content (AvgIpc) is 2.53. The van der Waals surface area contributed by atoms with E-state index in [4.69, 9.17) is 4.74 Å². The number of carbonyl (C=O) groups excluding carboxylic acids is 1. The predicted molar refractivity (Wildman–Crippen MR) is 86.9 cm³/mol. The molecule has 5 heteroatoms. The maximum atomic E-state index is 12.1. The van der Waals surface area contributed by atoms with E-state index in [0.29, 0.717) is 12.3 Å². The number of amides is 1. The van der Waals surface area contributed by atoms with Crippen molar-refractivity contribution >= 4 is 11.7 Å². The summed E-state index contributed by atoms with van der Waals surface area (Å²) in [4.78, 5) is 18.2. The molecular weight excluding hydrogens is 278 g/mol. The molecule has 5 nitrogen and oxygen atoms in total. The molecule has 0 aliphatic rings. The van der Waals surface area contributed by atoms with E-state index < -0.39 is 6.10 Å². The number of nitrogens with zero attached hydrogens (tertiary/aromatic N) is 2. The Morgan fingerprint density at radius 3 is 2.68 bits per heavy atom. The molecule has 0 fully saturated rings. The number of benzene rings is 1. The van der Waals surface area contributed by atoms with Crippen LogP contribution in [0.2, 0.25) is 0 Å². The SMILES string of the molecule is C[C@@H](Oc1ccccc1)C(=O)NCc1ccnc(N(C)C)c1. The van der Waals surface area contributed by atoms with Gasteiger partial charge in [0, 0.05) is 26.8 Å². The van der Waals surface area contributed by atoms with Crippen LogP contribution in [0.25, 0.3) is 0 Å². The Bertz CT molecular complexity index is 614. The number of rotatable bonds is 6. The van der Waals surface area contributed by atoms with Gasteiger partial charge in [0.2, 0.25) is 0 Å². The monoisotopic (exact) mass is 299 g/mol. The van der Waals surface area contributed by atoms with Crippen LogP contribution < -0.4 is 15.0 Å². The summed E-state index contributed by atoms with van der Waals surface area (Å²) in [5.41, 5.74) is 0.999. The van der Waals surface area contributed by atoms with Crippen molar-refractivity contribution in [2.45, 2.75) is 19.6 Å². The number of hydrogen-bond donors (Lipinski definition) is 1. The van der Waals surface area contributed by atoms with Crippen molar-refractivity contribution in [3.63, 3.8) is 0 Å². The summed E-state index contributed by atoms with van der Waals surface area (Å²) in [7, 11) is 3.86. The number of para-hydroxylation sites is 1. The van der Waals surface area contributed by atoms with E-state index in [1.54, 1.807) is 13.1 Å². The van der Waals surface area contributed by atoms with Crippen LogP contribution in [-0.2, 0) is 11.3 Å². The molecule has 1 N–H and O–H groups in total. The smallest absolute Gasteiger partial charge is 0.261 e. The van der Waals surface area contributed by atoms with Gasteiger partial charge in [-0.1, -0.05) is 18.2 Å². The molecule has 2 aromatic rings. The molecule has 0 spiro atoms. The van der Waals surface area contributed by atoms with Crippen molar-refractivity contribution in [1.82, 2.24) is 10.3 Å². The number of ether oxygens (including phenoxy) is 1. The Labute approximate surface area is 130 Å². The van der Waals surface area contributed by atoms with Crippen LogP contribution >= 0.6 is 0 Å². The summed E-state index contributed by atoms with van der Waals surface area (Å²) in [6.07, 6.45) is 1.19. The van der Waals surface area contributed by atoms with Gasteiger partial charge in [-0.05, 0) is 36.8 Å². The fourth-order valence-corrected chi connectivity index (χ4v) is 1.90. The minimum absolute atomic E-state index is 0.146. The molecule has 1 atom stereocenters. The summed E-state index contributed by atoms with van der Waals surface area (Å²) < 4.78 is 5.59. The largest absolute Gasteiger partial charge is 0.481 e. The Morgan fingerprint density at radius 2 is 2.00 bits per heavy atom. The van der Waals surface area contributed by atoms with Crippen LogP contribution in [0.3, 0.4) is 0 Å². The van der Waals surface area contributed by atoms with E-state index >= 15 is 0 Å². The van der Waals surface area contributed by atoms with Gasteiger partial charge in [-0.2, -0.15) is 0 Å². The standard InChI is InChI=1S/C17H21N3O2/c1-13(22-15-7-5-4-6-8-15)17(21)19-12-14-9-10-18-16(11-14)20(2)3/h4-11,13H,12H2,1-3H3,(H,19,21)/t13-/m1/s1. The normalized spacial score (nSPS) is 11.6. The lowest BCUT2D eigenvalue weighted by Crippen LogP contribution is -2.35.